The standard InChI is InChI=1S/C25H20N2O6/c1-3-33-21-13-10-15-6-4-5-7-18(15)19(21)14-20-22(28)26-25(31)27(23(20)29)17-11-8-16(9-12-17)24(30)32-2/h4-14H,3H2,1-2H3,(H,26,28,31)/b20-14+. The Bertz CT molecular complexity index is 1310. The third kappa shape index (κ3) is 4.06. The minimum Gasteiger partial charge on any atom is -0.493 e. The summed E-state index contributed by atoms with van der Waals surface area (Å²) < 4.78 is 10.4. The number of hydrogen-bond acceptors (Lipinski definition) is 6. The van der Waals surface area contributed by atoms with E-state index < -0.39 is 23.8 Å². The van der Waals surface area contributed by atoms with Crippen molar-refractivity contribution in [1.82, 2.24) is 5.32 Å². The topological polar surface area (TPSA) is 102 Å². The number of ether oxygens (including phenoxy) is 2. The van der Waals surface area contributed by atoms with Crippen molar-refractivity contribution in [3.63, 3.8) is 0 Å². The molecular weight excluding hydrogens is 424 g/mol. The SMILES string of the molecule is CCOc1ccc2ccccc2c1/C=C1\C(=O)NC(=O)N(c2ccc(C(=O)OC)cc2)C1=O. The Balaban J connectivity index is 1.79. The second-order valence-electron chi connectivity index (χ2n) is 7.13. The molecule has 0 radical (unpaired) electrons. The molecule has 0 unspecified atom stereocenters. The quantitative estimate of drug-likeness (QED) is 0.366. The molecular formula is C25H20N2O6. The van der Waals surface area contributed by atoms with Gasteiger partial charge >= 0.3 is 12.0 Å². The van der Waals surface area contributed by atoms with Crippen molar-refractivity contribution in [3.05, 3.63) is 77.4 Å². The largest absolute Gasteiger partial charge is 0.493 e. The number of urea groups is 1. The average Bonchev–Trinajstić information content (AvgIpc) is 2.82. The number of rotatable bonds is 5. The van der Waals surface area contributed by atoms with Crippen LogP contribution in [0, 0.1) is 0 Å². The van der Waals surface area contributed by atoms with Gasteiger partial charge in [0.15, 0.2) is 0 Å². The summed E-state index contributed by atoms with van der Waals surface area (Å²) in [5, 5.41) is 3.90. The lowest BCUT2D eigenvalue weighted by atomic mass is 9.99. The Hall–Kier alpha value is -4.46. The van der Waals surface area contributed by atoms with Crippen LogP contribution in [0.25, 0.3) is 16.8 Å². The maximum absolute atomic E-state index is 13.3. The van der Waals surface area contributed by atoms with E-state index in [1.165, 1.54) is 37.5 Å². The van der Waals surface area contributed by atoms with Crippen molar-refractivity contribution in [3.8, 4) is 5.75 Å². The van der Waals surface area contributed by atoms with Crippen LogP contribution in [0.1, 0.15) is 22.8 Å². The third-order valence-electron chi connectivity index (χ3n) is 5.17. The van der Waals surface area contributed by atoms with Crippen molar-refractivity contribution in [2.75, 3.05) is 18.6 Å². The van der Waals surface area contributed by atoms with Gasteiger partial charge in [0, 0.05) is 5.56 Å². The van der Waals surface area contributed by atoms with E-state index in [1.54, 1.807) is 6.07 Å². The number of carbonyl (C=O) groups excluding carboxylic acids is 4. The molecule has 1 N–H and O–H groups in total. The Morgan fingerprint density at radius 2 is 1.73 bits per heavy atom. The molecule has 1 fully saturated rings. The monoisotopic (exact) mass is 444 g/mol. The summed E-state index contributed by atoms with van der Waals surface area (Å²) in [7, 11) is 1.25. The zero-order chi connectivity index (χ0) is 23.5. The van der Waals surface area contributed by atoms with Crippen molar-refractivity contribution in [1.29, 1.82) is 0 Å². The summed E-state index contributed by atoms with van der Waals surface area (Å²) in [6, 6.07) is 16.0. The molecule has 1 heterocycles. The number of amides is 4. The van der Waals surface area contributed by atoms with Gasteiger partial charge in [-0.1, -0.05) is 30.3 Å². The minimum atomic E-state index is -0.879. The highest BCUT2D eigenvalue weighted by molar-refractivity contribution is 6.39. The van der Waals surface area contributed by atoms with E-state index >= 15 is 0 Å². The number of hydrogen-bond donors (Lipinski definition) is 1. The fourth-order valence-corrected chi connectivity index (χ4v) is 3.61. The van der Waals surface area contributed by atoms with Crippen molar-refractivity contribution < 1.29 is 28.7 Å². The molecule has 0 bridgehead atoms. The first-order valence-electron chi connectivity index (χ1n) is 10.2. The molecule has 8 heteroatoms. The van der Waals surface area contributed by atoms with Gasteiger partial charge in [-0.25, -0.2) is 14.5 Å². The van der Waals surface area contributed by atoms with Crippen LogP contribution in [0.4, 0.5) is 10.5 Å². The molecule has 0 aromatic heterocycles. The Labute approximate surface area is 189 Å². The van der Waals surface area contributed by atoms with Gasteiger partial charge in [0.05, 0.1) is 25.0 Å². The summed E-state index contributed by atoms with van der Waals surface area (Å²) in [5.74, 6) is -1.63. The van der Waals surface area contributed by atoms with E-state index in [9.17, 15) is 19.2 Å². The molecule has 0 atom stereocenters. The van der Waals surface area contributed by atoms with E-state index in [0.717, 1.165) is 15.7 Å². The molecule has 3 aromatic carbocycles. The molecule has 1 saturated heterocycles. The van der Waals surface area contributed by atoms with Gasteiger partial charge in [-0.05, 0) is 54.1 Å². The van der Waals surface area contributed by atoms with Crippen LogP contribution in [0.15, 0.2) is 66.2 Å². The zero-order valence-corrected chi connectivity index (χ0v) is 18.0. The maximum atomic E-state index is 13.3. The van der Waals surface area contributed by atoms with E-state index in [1.807, 2.05) is 37.3 Å². The molecule has 8 nitrogen and oxygen atoms in total. The number of esters is 1. The van der Waals surface area contributed by atoms with E-state index in [2.05, 4.69) is 10.1 Å². The number of carbonyl (C=O) groups is 4. The number of methoxy groups -OCH3 is 1. The molecule has 0 aliphatic carbocycles. The lowest BCUT2D eigenvalue weighted by Crippen LogP contribution is -2.54. The Morgan fingerprint density at radius 3 is 2.42 bits per heavy atom. The normalized spacial score (nSPS) is 15.0. The first kappa shape index (κ1) is 21.8. The molecule has 33 heavy (non-hydrogen) atoms. The predicted octanol–water partition coefficient (Wildman–Crippen LogP) is 3.69. The van der Waals surface area contributed by atoms with Gasteiger partial charge in [-0.15, -0.1) is 0 Å². The van der Waals surface area contributed by atoms with Crippen LogP contribution in [-0.2, 0) is 14.3 Å². The van der Waals surface area contributed by atoms with E-state index in [-0.39, 0.29) is 16.8 Å². The second kappa shape index (κ2) is 8.96. The molecule has 3 aromatic rings. The Morgan fingerprint density at radius 1 is 1.00 bits per heavy atom. The van der Waals surface area contributed by atoms with E-state index in [4.69, 9.17) is 4.74 Å². The first-order valence-corrected chi connectivity index (χ1v) is 10.2. The summed E-state index contributed by atoms with van der Waals surface area (Å²) in [4.78, 5) is 50.9. The summed E-state index contributed by atoms with van der Waals surface area (Å²) in [5.41, 5.74) is 0.800. The molecule has 0 saturated carbocycles. The molecule has 4 amide bonds. The lowest BCUT2D eigenvalue weighted by molar-refractivity contribution is -0.122. The Kier molecular flexibility index (Phi) is 5.91. The number of nitrogens with one attached hydrogen (secondary N) is 1. The predicted molar refractivity (Wildman–Crippen MR) is 122 cm³/mol. The highest BCUT2D eigenvalue weighted by Crippen LogP contribution is 2.32. The average molecular weight is 444 g/mol. The van der Waals surface area contributed by atoms with Gasteiger partial charge in [0.1, 0.15) is 11.3 Å². The maximum Gasteiger partial charge on any atom is 0.337 e. The number of nitrogens with zero attached hydrogens (tertiary/aromatic N) is 1. The van der Waals surface area contributed by atoms with Crippen LogP contribution in [-0.4, -0.2) is 37.5 Å². The summed E-state index contributed by atoms with van der Waals surface area (Å²) in [6.45, 7) is 2.23. The molecule has 0 spiro atoms. The number of fused-ring (bicyclic) bond motifs is 1. The minimum absolute atomic E-state index is 0.200. The number of benzene rings is 3. The highest BCUT2D eigenvalue weighted by Gasteiger charge is 2.37. The molecule has 1 aliphatic heterocycles. The number of anilines is 1. The van der Waals surface area contributed by atoms with Gasteiger partial charge in [0.25, 0.3) is 11.8 Å². The van der Waals surface area contributed by atoms with Gasteiger partial charge in [0.2, 0.25) is 0 Å². The highest BCUT2D eigenvalue weighted by atomic mass is 16.5. The van der Waals surface area contributed by atoms with Crippen molar-refractivity contribution >= 4 is 46.4 Å². The second-order valence-corrected chi connectivity index (χ2v) is 7.13. The molecule has 166 valence electrons. The van der Waals surface area contributed by atoms with Crippen LogP contribution in [0.5, 0.6) is 5.75 Å². The first-order chi connectivity index (χ1) is 15.9. The van der Waals surface area contributed by atoms with Gasteiger partial charge in [-0.2, -0.15) is 0 Å². The summed E-state index contributed by atoms with van der Waals surface area (Å²) in [6.07, 6.45) is 1.44. The fraction of sp³-hybridized carbons (Fsp3) is 0.120. The number of imide groups is 2. The summed E-state index contributed by atoms with van der Waals surface area (Å²) >= 11 is 0. The van der Waals surface area contributed by atoms with Gasteiger partial charge < -0.3 is 9.47 Å². The van der Waals surface area contributed by atoms with Crippen molar-refractivity contribution in [2.24, 2.45) is 0 Å². The third-order valence-corrected chi connectivity index (χ3v) is 5.17. The lowest BCUT2D eigenvalue weighted by Gasteiger charge is -2.26. The fourth-order valence-electron chi connectivity index (χ4n) is 3.61. The van der Waals surface area contributed by atoms with E-state index in [0.29, 0.717) is 17.9 Å². The van der Waals surface area contributed by atoms with Crippen LogP contribution < -0.4 is 15.0 Å². The van der Waals surface area contributed by atoms with Crippen LogP contribution in [0.3, 0.4) is 0 Å². The van der Waals surface area contributed by atoms with Gasteiger partial charge in [-0.3, -0.25) is 14.9 Å². The smallest absolute Gasteiger partial charge is 0.337 e. The molecule has 1 aliphatic rings. The number of barbiturate groups is 1. The van der Waals surface area contributed by atoms with Crippen LogP contribution in [0.2, 0.25) is 0 Å². The zero-order valence-electron chi connectivity index (χ0n) is 18.0. The van der Waals surface area contributed by atoms with Crippen molar-refractivity contribution in [2.45, 2.75) is 6.92 Å². The molecule has 4 rings (SSSR count). The van der Waals surface area contributed by atoms with Crippen LogP contribution >= 0.6 is 0 Å².